The summed E-state index contributed by atoms with van der Waals surface area (Å²) in [6.07, 6.45) is 0. The first-order valence-electron chi connectivity index (χ1n) is 6.92. The SMILES string of the molecule is CC1(COC(=O)c2ccccc2C(=O)NS(=O)(=O)C(F)(F)F)COC1. The zero-order chi connectivity index (χ0) is 18.9. The van der Waals surface area contributed by atoms with Crippen molar-refractivity contribution in [2.24, 2.45) is 5.41 Å². The van der Waals surface area contributed by atoms with Gasteiger partial charge in [0.25, 0.3) is 5.91 Å². The lowest BCUT2D eigenvalue weighted by molar-refractivity contribution is -0.127. The number of nitrogens with one attached hydrogen (secondary N) is 1. The number of halogens is 3. The van der Waals surface area contributed by atoms with Crippen molar-refractivity contribution in [3.05, 3.63) is 35.4 Å². The molecule has 7 nitrogen and oxygen atoms in total. The maximum Gasteiger partial charge on any atom is 0.516 e. The van der Waals surface area contributed by atoms with E-state index in [-0.39, 0.29) is 17.6 Å². The van der Waals surface area contributed by atoms with Gasteiger partial charge in [0.15, 0.2) is 0 Å². The lowest BCUT2D eigenvalue weighted by Gasteiger charge is -2.37. The quantitative estimate of drug-likeness (QED) is 0.776. The van der Waals surface area contributed by atoms with Crippen LogP contribution in [0.4, 0.5) is 13.2 Å². The predicted molar refractivity (Wildman–Crippen MR) is 78.1 cm³/mol. The summed E-state index contributed by atoms with van der Waals surface area (Å²) in [7, 11) is -5.89. The highest BCUT2D eigenvalue weighted by molar-refractivity contribution is 7.90. The van der Waals surface area contributed by atoms with Crippen LogP contribution in [0.3, 0.4) is 0 Å². The summed E-state index contributed by atoms with van der Waals surface area (Å²) in [6, 6.07) is 4.80. The van der Waals surface area contributed by atoms with Gasteiger partial charge in [0, 0.05) is 5.41 Å². The fourth-order valence-corrected chi connectivity index (χ4v) is 2.42. The van der Waals surface area contributed by atoms with Crippen molar-refractivity contribution < 1.29 is 40.7 Å². The molecule has 0 radical (unpaired) electrons. The third-order valence-electron chi connectivity index (χ3n) is 3.38. The molecular formula is C14H14F3NO6S. The van der Waals surface area contributed by atoms with E-state index in [0.717, 1.165) is 16.9 Å². The van der Waals surface area contributed by atoms with Crippen LogP contribution in [-0.2, 0) is 19.5 Å². The second-order valence-electron chi connectivity index (χ2n) is 5.81. The van der Waals surface area contributed by atoms with Crippen molar-refractivity contribution in [3.63, 3.8) is 0 Å². The molecule has 0 atom stereocenters. The summed E-state index contributed by atoms with van der Waals surface area (Å²) < 4.78 is 70.1. The van der Waals surface area contributed by atoms with E-state index in [1.54, 1.807) is 6.92 Å². The molecule has 0 unspecified atom stereocenters. The number of amides is 1. The summed E-state index contributed by atoms with van der Waals surface area (Å²) in [5.74, 6) is -2.54. The maximum absolute atomic E-state index is 12.4. The average molecular weight is 381 g/mol. The molecule has 2 rings (SSSR count). The van der Waals surface area contributed by atoms with Crippen LogP contribution in [0.1, 0.15) is 27.6 Å². The fraction of sp³-hybridized carbons (Fsp3) is 0.429. The molecule has 1 fully saturated rings. The highest BCUT2D eigenvalue weighted by atomic mass is 32.2. The van der Waals surface area contributed by atoms with Crippen molar-refractivity contribution in [1.82, 2.24) is 4.72 Å². The minimum Gasteiger partial charge on any atom is -0.461 e. The second kappa shape index (κ2) is 6.64. The molecule has 1 amide bonds. The Bertz CT molecular complexity index is 786. The Morgan fingerprint density at radius 1 is 1.24 bits per heavy atom. The standard InChI is InChI=1S/C14H14F3NO6S/c1-13(6-23-7-13)8-24-12(20)10-5-3-2-4-9(10)11(19)18-25(21,22)14(15,16)17/h2-5H,6-8H2,1H3,(H,18,19). The molecule has 1 aromatic carbocycles. The summed E-state index contributed by atoms with van der Waals surface area (Å²) >= 11 is 0. The van der Waals surface area contributed by atoms with Gasteiger partial charge >= 0.3 is 21.5 Å². The van der Waals surface area contributed by atoms with Crippen molar-refractivity contribution in [2.75, 3.05) is 19.8 Å². The smallest absolute Gasteiger partial charge is 0.461 e. The monoisotopic (exact) mass is 381 g/mol. The Morgan fingerprint density at radius 3 is 2.28 bits per heavy atom. The molecule has 0 spiro atoms. The third kappa shape index (κ3) is 4.28. The lowest BCUT2D eigenvalue weighted by Crippen LogP contribution is -2.44. The number of hydrogen-bond donors (Lipinski definition) is 1. The Morgan fingerprint density at radius 2 is 1.80 bits per heavy atom. The van der Waals surface area contributed by atoms with E-state index in [2.05, 4.69) is 0 Å². The van der Waals surface area contributed by atoms with Gasteiger partial charge in [-0.1, -0.05) is 19.1 Å². The third-order valence-corrected chi connectivity index (χ3v) is 4.44. The van der Waals surface area contributed by atoms with Gasteiger partial charge in [-0.2, -0.15) is 21.6 Å². The van der Waals surface area contributed by atoms with Crippen LogP contribution in [0.25, 0.3) is 0 Å². The van der Waals surface area contributed by atoms with E-state index in [9.17, 15) is 31.2 Å². The van der Waals surface area contributed by atoms with Gasteiger partial charge in [0.1, 0.15) is 6.61 Å². The van der Waals surface area contributed by atoms with E-state index in [1.165, 1.54) is 12.1 Å². The van der Waals surface area contributed by atoms with Crippen molar-refractivity contribution >= 4 is 21.9 Å². The Labute approximate surface area is 141 Å². The minimum atomic E-state index is -5.89. The predicted octanol–water partition coefficient (Wildman–Crippen LogP) is 1.46. The molecule has 1 saturated heterocycles. The molecule has 11 heteroatoms. The first kappa shape index (κ1) is 19.2. The highest BCUT2D eigenvalue weighted by Gasteiger charge is 2.47. The van der Waals surface area contributed by atoms with Crippen LogP contribution in [0.15, 0.2) is 24.3 Å². The zero-order valence-electron chi connectivity index (χ0n) is 12.9. The number of esters is 1. The lowest BCUT2D eigenvalue weighted by atomic mass is 9.90. The minimum absolute atomic E-state index is 0.0113. The van der Waals surface area contributed by atoms with E-state index in [1.807, 2.05) is 0 Å². The van der Waals surface area contributed by atoms with Crippen LogP contribution in [0.5, 0.6) is 0 Å². The number of sulfonamides is 1. The van der Waals surface area contributed by atoms with Gasteiger partial charge in [-0.3, -0.25) is 4.79 Å². The average Bonchev–Trinajstić information content (AvgIpc) is 2.49. The molecule has 1 aliphatic rings. The Kier molecular flexibility index (Phi) is 5.09. The van der Waals surface area contributed by atoms with E-state index in [0.29, 0.717) is 13.2 Å². The van der Waals surface area contributed by atoms with Gasteiger partial charge in [-0.15, -0.1) is 0 Å². The van der Waals surface area contributed by atoms with Crippen molar-refractivity contribution in [1.29, 1.82) is 0 Å². The number of carbonyl (C=O) groups excluding carboxylic acids is 2. The summed E-state index contributed by atoms with van der Waals surface area (Å²) in [6.45, 7) is 2.55. The first-order valence-corrected chi connectivity index (χ1v) is 8.41. The zero-order valence-corrected chi connectivity index (χ0v) is 13.7. The number of hydrogen-bond acceptors (Lipinski definition) is 6. The molecule has 0 aliphatic carbocycles. The van der Waals surface area contributed by atoms with Gasteiger partial charge in [0.05, 0.1) is 24.3 Å². The molecule has 0 bridgehead atoms. The Balaban J connectivity index is 2.17. The molecule has 1 heterocycles. The first-order chi connectivity index (χ1) is 11.5. The molecule has 138 valence electrons. The van der Waals surface area contributed by atoms with Crippen LogP contribution >= 0.6 is 0 Å². The second-order valence-corrected chi connectivity index (χ2v) is 7.48. The fourth-order valence-electron chi connectivity index (χ4n) is 1.95. The summed E-state index contributed by atoms with van der Waals surface area (Å²) in [4.78, 5) is 24.0. The molecule has 0 saturated carbocycles. The molecule has 1 aliphatic heterocycles. The van der Waals surface area contributed by atoms with Gasteiger partial charge in [0.2, 0.25) is 0 Å². The normalized spacial score (nSPS) is 16.6. The van der Waals surface area contributed by atoms with E-state index < -0.39 is 33.0 Å². The molecule has 1 N–H and O–H groups in total. The summed E-state index contributed by atoms with van der Waals surface area (Å²) in [5, 5.41) is 0. The molecule has 1 aromatic rings. The molecule has 25 heavy (non-hydrogen) atoms. The molecular weight excluding hydrogens is 367 g/mol. The topological polar surface area (TPSA) is 98.8 Å². The largest absolute Gasteiger partial charge is 0.516 e. The van der Waals surface area contributed by atoms with E-state index in [4.69, 9.17) is 9.47 Å². The number of benzene rings is 1. The van der Waals surface area contributed by atoms with E-state index >= 15 is 0 Å². The van der Waals surface area contributed by atoms with Crippen LogP contribution in [0.2, 0.25) is 0 Å². The van der Waals surface area contributed by atoms with Crippen molar-refractivity contribution in [3.8, 4) is 0 Å². The Hall–Kier alpha value is -2.14. The van der Waals surface area contributed by atoms with Gasteiger partial charge in [-0.05, 0) is 12.1 Å². The van der Waals surface area contributed by atoms with Crippen LogP contribution in [0, 0.1) is 5.41 Å². The van der Waals surface area contributed by atoms with Crippen molar-refractivity contribution in [2.45, 2.75) is 12.4 Å². The molecule has 0 aromatic heterocycles. The van der Waals surface area contributed by atoms with Gasteiger partial charge in [-0.25, -0.2) is 9.52 Å². The maximum atomic E-state index is 12.4. The number of alkyl halides is 3. The van der Waals surface area contributed by atoms with Crippen LogP contribution in [-0.4, -0.2) is 45.6 Å². The summed E-state index contributed by atoms with van der Waals surface area (Å²) in [5.41, 5.74) is -6.92. The number of carbonyl (C=O) groups is 2. The highest BCUT2D eigenvalue weighted by Crippen LogP contribution is 2.27. The number of rotatable bonds is 5. The van der Waals surface area contributed by atoms with Crippen LogP contribution < -0.4 is 4.72 Å². The van der Waals surface area contributed by atoms with Gasteiger partial charge < -0.3 is 9.47 Å². The number of ether oxygens (including phenoxy) is 2.